The average molecular weight is 477 g/mol. The molecule has 0 aliphatic heterocycles. The van der Waals surface area contributed by atoms with Gasteiger partial charge in [-0.3, -0.25) is 9.59 Å². The molecule has 3 aliphatic rings. The van der Waals surface area contributed by atoms with E-state index in [1.807, 2.05) is 31.2 Å². The summed E-state index contributed by atoms with van der Waals surface area (Å²) >= 11 is 0. The molecular formula is C28H32N2O5. The van der Waals surface area contributed by atoms with E-state index in [-0.39, 0.29) is 36.3 Å². The lowest BCUT2D eigenvalue weighted by Crippen LogP contribution is -2.56. The van der Waals surface area contributed by atoms with Crippen molar-refractivity contribution in [3.63, 3.8) is 0 Å². The van der Waals surface area contributed by atoms with Crippen molar-refractivity contribution in [2.45, 2.75) is 57.0 Å². The molecule has 0 heterocycles. The molecule has 5 rings (SSSR count). The van der Waals surface area contributed by atoms with Gasteiger partial charge >= 0.3 is 12.1 Å². The summed E-state index contributed by atoms with van der Waals surface area (Å²) in [6.45, 7) is 2.16. The zero-order valence-electron chi connectivity index (χ0n) is 19.9. The number of rotatable bonds is 8. The topological polar surface area (TPSA) is 105 Å². The van der Waals surface area contributed by atoms with Gasteiger partial charge in [0.05, 0.1) is 5.92 Å². The summed E-state index contributed by atoms with van der Waals surface area (Å²) < 4.78 is 5.63. The van der Waals surface area contributed by atoms with Crippen LogP contribution in [0, 0.1) is 17.8 Å². The van der Waals surface area contributed by atoms with Gasteiger partial charge in [-0.05, 0) is 59.8 Å². The fourth-order valence-electron chi connectivity index (χ4n) is 6.22. The maximum absolute atomic E-state index is 13.0. The van der Waals surface area contributed by atoms with Crippen LogP contribution in [0.5, 0.6) is 0 Å². The minimum Gasteiger partial charge on any atom is -0.481 e. The van der Waals surface area contributed by atoms with Crippen LogP contribution in [-0.4, -0.2) is 41.8 Å². The minimum absolute atomic E-state index is 0.0134. The molecule has 7 heteroatoms. The van der Waals surface area contributed by atoms with Crippen LogP contribution in [0.1, 0.15) is 56.1 Å². The van der Waals surface area contributed by atoms with Crippen molar-refractivity contribution in [3.8, 4) is 11.1 Å². The maximum atomic E-state index is 13.0. The summed E-state index contributed by atoms with van der Waals surface area (Å²) in [6.07, 6.45) is 2.77. The Labute approximate surface area is 205 Å². The Kier molecular flexibility index (Phi) is 6.50. The number of hydrogen-bond donors (Lipinski definition) is 3. The highest BCUT2D eigenvalue weighted by atomic mass is 16.5. The fourth-order valence-corrected chi connectivity index (χ4v) is 6.22. The van der Waals surface area contributed by atoms with E-state index in [0.717, 1.165) is 35.1 Å². The standard InChI is InChI=1S/C28H32N2O5/c1-2-7-24(26(31)29-25-14-16-12-17(27(32)33)13-22(16)25)30-28(34)35-15-23-20-10-5-3-8-18(20)19-9-4-6-11-21(19)23/h3-6,8-11,16-17,22-25H,2,7,12-15H2,1H3,(H,29,31)(H,30,34)(H,32,33)/t16?,17?,22?,24-,25?/m0/s1. The van der Waals surface area contributed by atoms with Crippen LogP contribution in [0.15, 0.2) is 48.5 Å². The molecule has 2 aromatic rings. The van der Waals surface area contributed by atoms with Crippen LogP contribution in [0.2, 0.25) is 0 Å². The molecule has 7 nitrogen and oxygen atoms in total. The molecule has 0 spiro atoms. The fraction of sp³-hybridized carbons (Fsp3) is 0.464. The van der Waals surface area contributed by atoms with Crippen molar-refractivity contribution < 1.29 is 24.2 Å². The smallest absolute Gasteiger partial charge is 0.407 e. The zero-order chi connectivity index (χ0) is 24.5. The lowest BCUT2D eigenvalue weighted by Gasteiger charge is -2.41. The first-order valence-corrected chi connectivity index (χ1v) is 12.6. The number of fused-ring (bicyclic) bond motifs is 4. The van der Waals surface area contributed by atoms with Crippen molar-refractivity contribution >= 4 is 18.0 Å². The summed E-state index contributed by atoms with van der Waals surface area (Å²) in [5, 5.41) is 15.1. The van der Waals surface area contributed by atoms with Crippen LogP contribution in [0.3, 0.4) is 0 Å². The molecule has 0 aromatic heterocycles. The third-order valence-electron chi connectivity index (χ3n) is 8.03. The van der Waals surface area contributed by atoms with Gasteiger partial charge in [0.2, 0.25) is 5.91 Å². The molecule has 4 unspecified atom stereocenters. The van der Waals surface area contributed by atoms with Gasteiger partial charge in [-0.15, -0.1) is 0 Å². The van der Waals surface area contributed by atoms with Crippen LogP contribution in [-0.2, 0) is 14.3 Å². The van der Waals surface area contributed by atoms with Gasteiger partial charge in [0, 0.05) is 12.0 Å². The van der Waals surface area contributed by atoms with E-state index >= 15 is 0 Å². The number of amides is 2. The number of hydrogen-bond acceptors (Lipinski definition) is 4. The number of benzene rings is 2. The van der Waals surface area contributed by atoms with Crippen molar-refractivity contribution in [1.29, 1.82) is 0 Å². The van der Waals surface area contributed by atoms with Gasteiger partial charge in [0.15, 0.2) is 0 Å². The van der Waals surface area contributed by atoms with Gasteiger partial charge in [-0.25, -0.2) is 4.79 Å². The van der Waals surface area contributed by atoms with Gasteiger partial charge in [-0.2, -0.15) is 0 Å². The Morgan fingerprint density at radius 1 is 1.00 bits per heavy atom. The van der Waals surface area contributed by atoms with Gasteiger partial charge < -0.3 is 20.5 Å². The van der Waals surface area contributed by atoms with E-state index in [9.17, 15) is 19.5 Å². The lowest BCUT2D eigenvalue weighted by atomic mass is 9.71. The summed E-state index contributed by atoms with van der Waals surface area (Å²) in [4.78, 5) is 37.0. The predicted molar refractivity (Wildman–Crippen MR) is 131 cm³/mol. The first kappa shape index (κ1) is 23.4. The second kappa shape index (κ2) is 9.72. The number of carboxylic acids is 1. The van der Waals surface area contributed by atoms with Crippen molar-refractivity contribution in [2.24, 2.45) is 17.8 Å². The number of carboxylic acid groups (broad SMARTS) is 1. The summed E-state index contributed by atoms with van der Waals surface area (Å²) in [5.74, 6) is -0.717. The Hall–Kier alpha value is -3.35. The molecule has 2 fully saturated rings. The summed E-state index contributed by atoms with van der Waals surface area (Å²) in [6, 6.07) is 15.6. The highest BCUT2D eigenvalue weighted by Crippen LogP contribution is 2.50. The van der Waals surface area contributed by atoms with Crippen molar-refractivity contribution in [1.82, 2.24) is 10.6 Å². The largest absolute Gasteiger partial charge is 0.481 e. The Balaban J connectivity index is 1.17. The molecule has 2 saturated carbocycles. The molecule has 5 atom stereocenters. The second-order valence-corrected chi connectivity index (χ2v) is 10.1. The first-order valence-electron chi connectivity index (χ1n) is 12.6. The number of carbonyl (C=O) groups is 3. The van der Waals surface area contributed by atoms with E-state index in [2.05, 4.69) is 34.9 Å². The van der Waals surface area contributed by atoms with Crippen LogP contribution in [0.25, 0.3) is 11.1 Å². The molecule has 0 radical (unpaired) electrons. The van der Waals surface area contributed by atoms with Crippen molar-refractivity contribution in [2.75, 3.05) is 6.61 Å². The maximum Gasteiger partial charge on any atom is 0.407 e. The Morgan fingerprint density at radius 3 is 2.29 bits per heavy atom. The highest BCUT2D eigenvalue weighted by molar-refractivity contribution is 5.86. The second-order valence-electron chi connectivity index (χ2n) is 10.1. The highest BCUT2D eigenvalue weighted by Gasteiger charge is 2.50. The molecule has 3 aliphatic carbocycles. The van der Waals surface area contributed by atoms with E-state index in [0.29, 0.717) is 25.2 Å². The third-order valence-corrected chi connectivity index (χ3v) is 8.03. The Bertz CT molecular complexity index is 1090. The first-order chi connectivity index (χ1) is 17.0. The average Bonchev–Trinajstić information content (AvgIpc) is 3.36. The van der Waals surface area contributed by atoms with Gasteiger partial charge in [0.1, 0.15) is 12.6 Å². The molecule has 3 N–H and O–H groups in total. The number of carbonyl (C=O) groups excluding carboxylic acids is 2. The quantitative estimate of drug-likeness (QED) is 0.527. The van der Waals surface area contributed by atoms with Gasteiger partial charge in [0.25, 0.3) is 0 Å². The van der Waals surface area contributed by atoms with Crippen LogP contribution in [0.4, 0.5) is 4.79 Å². The zero-order valence-corrected chi connectivity index (χ0v) is 19.9. The Morgan fingerprint density at radius 2 is 1.66 bits per heavy atom. The van der Waals surface area contributed by atoms with E-state index in [1.54, 1.807) is 0 Å². The molecule has 0 saturated heterocycles. The van der Waals surface area contributed by atoms with Crippen LogP contribution < -0.4 is 10.6 Å². The molecular weight excluding hydrogens is 444 g/mol. The molecule has 35 heavy (non-hydrogen) atoms. The van der Waals surface area contributed by atoms with Crippen molar-refractivity contribution in [3.05, 3.63) is 59.7 Å². The van der Waals surface area contributed by atoms with Gasteiger partial charge in [-0.1, -0.05) is 61.9 Å². The number of nitrogens with one attached hydrogen (secondary N) is 2. The summed E-state index contributed by atoms with van der Waals surface area (Å²) in [7, 11) is 0. The summed E-state index contributed by atoms with van der Waals surface area (Å²) in [5.41, 5.74) is 4.60. The molecule has 2 amide bonds. The van der Waals surface area contributed by atoms with E-state index in [4.69, 9.17) is 4.74 Å². The number of alkyl carbamates (subject to hydrolysis) is 1. The molecule has 0 bridgehead atoms. The van der Waals surface area contributed by atoms with E-state index in [1.165, 1.54) is 0 Å². The molecule has 184 valence electrons. The predicted octanol–water partition coefficient (Wildman–Crippen LogP) is 4.31. The monoisotopic (exact) mass is 476 g/mol. The normalized spacial score (nSPS) is 24.9. The number of ether oxygens (including phenoxy) is 1. The third kappa shape index (κ3) is 4.51. The number of aliphatic carboxylic acids is 1. The minimum atomic E-state index is -0.745. The molecule has 2 aromatic carbocycles. The van der Waals surface area contributed by atoms with Crippen LogP contribution >= 0.6 is 0 Å². The van der Waals surface area contributed by atoms with E-state index < -0.39 is 18.1 Å². The SMILES string of the molecule is CCC[C@H](NC(=O)OCC1c2ccccc2-c2ccccc21)C(=O)NC1CC2CC(C(=O)O)CC21. The lowest BCUT2D eigenvalue weighted by molar-refractivity contribution is -0.141.